The lowest BCUT2D eigenvalue weighted by Crippen LogP contribution is -2.70. The summed E-state index contributed by atoms with van der Waals surface area (Å²) in [5, 5.41) is 2.97. The van der Waals surface area contributed by atoms with Gasteiger partial charge in [0.25, 0.3) is 5.79 Å². The first-order valence-electron chi connectivity index (χ1n) is 15.8. The Morgan fingerprint density at radius 1 is 1.02 bits per heavy atom. The molecule has 2 aliphatic rings. The molecule has 6 atom stereocenters. The number of carbonyl (C=O) groups excluding carboxylic acids is 2. The van der Waals surface area contributed by atoms with Gasteiger partial charge in [0.2, 0.25) is 5.91 Å². The van der Waals surface area contributed by atoms with E-state index in [0.29, 0.717) is 6.61 Å². The van der Waals surface area contributed by atoms with E-state index in [1.165, 1.54) is 14.0 Å². The molecular formula is C31H59NO9Si. The second-order valence-corrected chi connectivity index (χ2v) is 18.4. The Bertz CT molecular complexity index is 862. The topological polar surface area (TPSA) is 111 Å². The second-order valence-electron chi connectivity index (χ2n) is 13.6. The van der Waals surface area contributed by atoms with E-state index in [4.69, 9.17) is 32.8 Å². The van der Waals surface area contributed by atoms with Gasteiger partial charge in [-0.2, -0.15) is 0 Å². The van der Waals surface area contributed by atoms with Crippen molar-refractivity contribution >= 4 is 20.2 Å². The molecule has 2 saturated heterocycles. The largest absolute Gasteiger partial charge is 0.462 e. The summed E-state index contributed by atoms with van der Waals surface area (Å²) in [4.78, 5) is 26.4. The maximum Gasteiger partial charge on any atom is 0.366 e. The molecule has 2 fully saturated rings. The average Bonchev–Trinajstić information content (AvgIpc) is 3.25. The van der Waals surface area contributed by atoms with E-state index in [1.54, 1.807) is 0 Å². The van der Waals surface area contributed by atoms with E-state index in [-0.39, 0.29) is 30.6 Å². The highest BCUT2D eigenvalue weighted by Crippen LogP contribution is 2.43. The Morgan fingerprint density at radius 2 is 1.64 bits per heavy atom. The van der Waals surface area contributed by atoms with E-state index in [9.17, 15) is 9.59 Å². The third-order valence-corrected chi connectivity index (χ3v) is 13.1. The fourth-order valence-electron chi connectivity index (χ4n) is 5.13. The predicted molar refractivity (Wildman–Crippen MR) is 164 cm³/mol. The smallest absolute Gasteiger partial charge is 0.366 e. The molecule has 0 aliphatic carbocycles. The van der Waals surface area contributed by atoms with E-state index in [2.05, 4.69) is 53.0 Å². The molecule has 2 aliphatic heterocycles. The fraction of sp³-hybridized carbons (Fsp3) is 0.935. The first kappa shape index (κ1) is 37.1. The van der Waals surface area contributed by atoms with Gasteiger partial charge in [0.05, 0.1) is 25.4 Å². The van der Waals surface area contributed by atoms with Crippen LogP contribution in [0, 0.1) is 0 Å². The van der Waals surface area contributed by atoms with Crippen molar-refractivity contribution in [2.24, 2.45) is 0 Å². The van der Waals surface area contributed by atoms with E-state index in [1.807, 2.05) is 13.8 Å². The number of rotatable bonds is 16. The minimum atomic E-state index is -2.40. The highest BCUT2D eigenvalue weighted by molar-refractivity contribution is 6.74. The van der Waals surface area contributed by atoms with Gasteiger partial charge in [0.1, 0.15) is 18.3 Å². The molecule has 42 heavy (non-hydrogen) atoms. The van der Waals surface area contributed by atoms with Gasteiger partial charge in [0, 0.05) is 27.1 Å². The van der Waals surface area contributed by atoms with Gasteiger partial charge in [-0.3, -0.25) is 4.79 Å². The molecule has 0 spiro atoms. The quantitative estimate of drug-likeness (QED) is 0.137. The number of hydrogen-bond donors (Lipinski definition) is 1. The molecule has 0 aromatic carbocycles. The monoisotopic (exact) mass is 617 g/mol. The van der Waals surface area contributed by atoms with Crippen LogP contribution in [-0.4, -0.2) is 89.2 Å². The lowest BCUT2D eigenvalue weighted by Gasteiger charge is -2.51. The summed E-state index contributed by atoms with van der Waals surface area (Å²) in [6.07, 6.45) is 2.97. The van der Waals surface area contributed by atoms with Crippen LogP contribution >= 0.6 is 0 Å². The minimum Gasteiger partial charge on any atom is -0.462 e. The van der Waals surface area contributed by atoms with Crippen LogP contribution in [0.3, 0.4) is 0 Å². The van der Waals surface area contributed by atoms with Crippen LogP contribution in [0.1, 0.15) is 100 Å². The van der Waals surface area contributed by atoms with Gasteiger partial charge in [0.15, 0.2) is 14.1 Å². The Kier molecular flexibility index (Phi) is 13.9. The summed E-state index contributed by atoms with van der Waals surface area (Å²) < 4.78 is 44.0. The highest BCUT2D eigenvalue weighted by atomic mass is 28.4. The van der Waals surface area contributed by atoms with E-state index < -0.39 is 56.3 Å². The number of carbonyl (C=O) groups is 2. The van der Waals surface area contributed by atoms with Gasteiger partial charge in [-0.05, 0) is 44.8 Å². The number of ether oxygens (including phenoxy) is 6. The Balaban J connectivity index is 2.60. The van der Waals surface area contributed by atoms with Gasteiger partial charge in [-0.25, -0.2) is 4.79 Å². The summed E-state index contributed by atoms with van der Waals surface area (Å²) >= 11 is 0. The van der Waals surface area contributed by atoms with Crippen LogP contribution in [0.4, 0.5) is 0 Å². The molecule has 0 bridgehead atoms. The molecule has 0 saturated carbocycles. The van der Waals surface area contributed by atoms with Crippen LogP contribution in [-0.2, 0) is 42.4 Å². The zero-order chi connectivity index (χ0) is 31.8. The van der Waals surface area contributed by atoms with Crippen molar-refractivity contribution < 1.29 is 42.4 Å². The Labute approximate surface area is 255 Å². The molecule has 1 N–H and O–H groups in total. The van der Waals surface area contributed by atoms with Crippen molar-refractivity contribution in [3.8, 4) is 0 Å². The number of nitrogens with one attached hydrogen (secondary N) is 1. The molecule has 246 valence electrons. The average molecular weight is 618 g/mol. The maximum absolute atomic E-state index is 13.7. The van der Waals surface area contributed by atoms with Crippen LogP contribution in [0.25, 0.3) is 0 Å². The molecule has 2 rings (SSSR count). The molecular weight excluding hydrogens is 558 g/mol. The molecule has 0 radical (unpaired) electrons. The van der Waals surface area contributed by atoms with Crippen molar-refractivity contribution in [2.75, 3.05) is 26.9 Å². The van der Waals surface area contributed by atoms with Gasteiger partial charge in [-0.15, -0.1) is 0 Å². The Morgan fingerprint density at radius 3 is 2.14 bits per heavy atom. The summed E-state index contributed by atoms with van der Waals surface area (Å²) in [5.74, 6) is -3.41. The maximum atomic E-state index is 13.7. The molecule has 2 heterocycles. The van der Waals surface area contributed by atoms with Crippen molar-refractivity contribution in [3.05, 3.63) is 0 Å². The van der Waals surface area contributed by atoms with Crippen molar-refractivity contribution in [1.82, 2.24) is 5.32 Å². The third kappa shape index (κ3) is 9.97. The first-order valence-corrected chi connectivity index (χ1v) is 18.7. The zero-order valence-electron chi connectivity index (χ0n) is 28.1. The van der Waals surface area contributed by atoms with Crippen LogP contribution < -0.4 is 5.32 Å². The normalized spacial score (nSPS) is 28.8. The lowest BCUT2D eigenvalue weighted by molar-refractivity contribution is -0.308. The fourth-order valence-corrected chi connectivity index (χ4v) is 6.47. The number of unbranched alkanes of at least 4 members (excludes halogenated alkanes) is 4. The van der Waals surface area contributed by atoms with Crippen LogP contribution in [0.2, 0.25) is 18.1 Å². The SMILES string of the molecule is CCCCCOC(=O)[C@]1(OC)C[C@H](O[Si](C)(C)C(C)(C)C)[C@@H](NC(C)=O)[C@H]([C@H](OCCCCC)[C@H]2COC(C)(C)O2)O1. The summed E-state index contributed by atoms with van der Waals surface area (Å²) in [6, 6.07) is -0.642. The van der Waals surface area contributed by atoms with E-state index >= 15 is 0 Å². The standard InChI is InChI=1S/C31H59NO9Si/c1-12-14-16-18-36-26(24-21-38-30(7,8)39-24)27-25(32-22(3)33)23(41-42(10,11)29(4,5)6)20-31(35-9,40-27)28(34)37-19-17-15-13-2/h23-27H,12-21H2,1-11H3,(H,32,33)/t23-,24+,25+,26+,27+,31-/m0/s1. The number of hydrogen-bond acceptors (Lipinski definition) is 9. The van der Waals surface area contributed by atoms with Crippen molar-refractivity contribution in [1.29, 1.82) is 0 Å². The van der Waals surface area contributed by atoms with Gasteiger partial charge >= 0.3 is 5.97 Å². The van der Waals surface area contributed by atoms with Crippen molar-refractivity contribution in [3.63, 3.8) is 0 Å². The highest BCUT2D eigenvalue weighted by Gasteiger charge is 2.59. The predicted octanol–water partition coefficient (Wildman–Crippen LogP) is 5.47. The van der Waals surface area contributed by atoms with Gasteiger partial charge in [-0.1, -0.05) is 60.3 Å². The van der Waals surface area contributed by atoms with Crippen LogP contribution in [0.15, 0.2) is 0 Å². The number of esters is 1. The number of methoxy groups -OCH3 is 1. The first-order chi connectivity index (χ1) is 19.5. The lowest BCUT2D eigenvalue weighted by atomic mass is 9.88. The van der Waals surface area contributed by atoms with E-state index in [0.717, 1.165) is 38.5 Å². The van der Waals surface area contributed by atoms with Crippen LogP contribution in [0.5, 0.6) is 0 Å². The third-order valence-electron chi connectivity index (χ3n) is 8.57. The molecule has 0 aromatic heterocycles. The van der Waals surface area contributed by atoms with Crippen molar-refractivity contribution in [2.45, 2.75) is 160 Å². The summed E-state index contributed by atoms with van der Waals surface area (Å²) in [5.41, 5.74) is 0. The second kappa shape index (κ2) is 15.8. The number of amides is 1. The molecule has 11 heteroatoms. The zero-order valence-corrected chi connectivity index (χ0v) is 29.1. The Hall–Kier alpha value is -1.08. The molecule has 10 nitrogen and oxygen atoms in total. The minimum absolute atomic E-state index is 0.0557. The summed E-state index contributed by atoms with van der Waals surface area (Å²) in [7, 11) is -0.951. The van der Waals surface area contributed by atoms with Gasteiger partial charge < -0.3 is 38.2 Å². The molecule has 0 aromatic rings. The molecule has 1 amide bonds. The summed E-state index contributed by atoms with van der Waals surface area (Å²) in [6.45, 7) is 21.1. The molecule has 0 unspecified atom stereocenters.